The van der Waals surface area contributed by atoms with Crippen LogP contribution in [-0.4, -0.2) is 36.8 Å². The molecular weight excluding hydrogens is 272 g/mol. The normalized spacial score (nSPS) is 11.8. The van der Waals surface area contributed by atoms with Crippen molar-refractivity contribution in [3.05, 3.63) is 27.3 Å². The number of nitro benzene ring substituents is 1. The molecule has 1 N–H and O–H groups in total. The SMILES string of the molecule is CN(C)S(=O)(=O)c1c(Cl)ccc([N+](=O)[O-])c1O. The van der Waals surface area contributed by atoms with E-state index in [4.69, 9.17) is 11.6 Å². The van der Waals surface area contributed by atoms with Crippen molar-refractivity contribution in [2.24, 2.45) is 0 Å². The second-order valence-electron chi connectivity index (χ2n) is 3.29. The summed E-state index contributed by atoms with van der Waals surface area (Å²) in [5.74, 6) is -0.962. The molecule has 0 radical (unpaired) electrons. The van der Waals surface area contributed by atoms with Crippen LogP contribution in [0.25, 0.3) is 0 Å². The van der Waals surface area contributed by atoms with Crippen LogP contribution in [0.4, 0.5) is 5.69 Å². The molecule has 0 aromatic heterocycles. The second-order valence-corrected chi connectivity index (χ2v) is 5.78. The van der Waals surface area contributed by atoms with Gasteiger partial charge in [0.25, 0.3) is 0 Å². The molecule has 0 spiro atoms. The third kappa shape index (κ3) is 2.33. The lowest BCUT2D eigenvalue weighted by atomic mass is 10.3. The Morgan fingerprint density at radius 2 is 1.94 bits per heavy atom. The molecule has 1 aromatic rings. The Balaban J connectivity index is 3.65. The maximum atomic E-state index is 11.8. The highest BCUT2D eigenvalue weighted by Crippen LogP contribution is 2.38. The van der Waals surface area contributed by atoms with E-state index in [1.165, 1.54) is 14.1 Å². The molecule has 9 heteroatoms. The number of nitro groups is 1. The summed E-state index contributed by atoms with van der Waals surface area (Å²) < 4.78 is 24.4. The van der Waals surface area contributed by atoms with Gasteiger partial charge in [-0.25, -0.2) is 12.7 Å². The molecule has 0 saturated heterocycles. The standard InChI is InChI=1S/C8H9ClN2O5S/c1-10(2)17(15,16)8-5(9)3-4-6(7(8)12)11(13)14/h3-4,12H,1-2H3. The molecule has 0 aliphatic rings. The highest BCUT2D eigenvalue weighted by atomic mass is 35.5. The van der Waals surface area contributed by atoms with Gasteiger partial charge in [0.05, 0.1) is 9.95 Å². The van der Waals surface area contributed by atoms with Crippen molar-refractivity contribution in [2.45, 2.75) is 4.90 Å². The number of phenols is 1. The van der Waals surface area contributed by atoms with E-state index in [9.17, 15) is 23.6 Å². The van der Waals surface area contributed by atoms with Crippen molar-refractivity contribution >= 4 is 27.3 Å². The molecular formula is C8H9ClN2O5S. The molecule has 0 atom stereocenters. The molecule has 0 aliphatic heterocycles. The van der Waals surface area contributed by atoms with E-state index in [1.807, 2.05) is 0 Å². The third-order valence-electron chi connectivity index (χ3n) is 2.00. The predicted octanol–water partition coefficient (Wildman–Crippen LogP) is 1.20. The molecule has 0 unspecified atom stereocenters. The summed E-state index contributed by atoms with van der Waals surface area (Å²) in [5.41, 5.74) is -0.713. The number of sulfonamides is 1. The number of phenolic OH excluding ortho intramolecular Hbond substituents is 1. The van der Waals surface area contributed by atoms with Crippen LogP contribution >= 0.6 is 11.6 Å². The van der Waals surface area contributed by atoms with E-state index in [0.717, 1.165) is 16.4 Å². The van der Waals surface area contributed by atoms with Gasteiger partial charge in [-0.3, -0.25) is 10.1 Å². The quantitative estimate of drug-likeness (QED) is 0.662. The first-order chi connectivity index (χ1) is 7.69. The van der Waals surface area contributed by atoms with Crippen LogP contribution in [0.2, 0.25) is 5.02 Å². The first-order valence-corrected chi connectivity index (χ1v) is 6.09. The van der Waals surface area contributed by atoms with Crippen LogP contribution in [0.15, 0.2) is 17.0 Å². The number of hydrogen-bond acceptors (Lipinski definition) is 5. The minimum Gasteiger partial charge on any atom is -0.501 e. The van der Waals surface area contributed by atoms with Crippen molar-refractivity contribution in [3.8, 4) is 5.75 Å². The average molecular weight is 281 g/mol. The summed E-state index contributed by atoms with van der Waals surface area (Å²) in [6.45, 7) is 0. The van der Waals surface area contributed by atoms with Crippen LogP contribution in [-0.2, 0) is 10.0 Å². The molecule has 0 amide bonds. The Morgan fingerprint density at radius 3 is 2.35 bits per heavy atom. The zero-order valence-electron chi connectivity index (χ0n) is 8.92. The predicted molar refractivity (Wildman–Crippen MR) is 60.6 cm³/mol. The summed E-state index contributed by atoms with van der Waals surface area (Å²) in [6, 6.07) is 1.99. The van der Waals surface area contributed by atoms with E-state index in [0.29, 0.717) is 0 Å². The highest BCUT2D eigenvalue weighted by Gasteiger charge is 2.30. The van der Waals surface area contributed by atoms with Crippen LogP contribution in [0, 0.1) is 10.1 Å². The molecule has 0 bridgehead atoms. The Bertz CT molecular complexity index is 570. The number of benzene rings is 1. The molecule has 1 aromatic carbocycles. The van der Waals surface area contributed by atoms with E-state index in [-0.39, 0.29) is 5.02 Å². The third-order valence-corrected chi connectivity index (χ3v) is 4.32. The van der Waals surface area contributed by atoms with E-state index in [2.05, 4.69) is 0 Å². The minimum absolute atomic E-state index is 0.276. The summed E-state index contributed by atoms with van der Waals surface area (Å²) in [4.78, 5) is 9.02. The number of aromatic hydroxyl groups is 1. The zero-order valence-corrected chi connectivity index (χ0v) is 10.5. The number of nitrogens with zero attached hydrogens (tertiary/aromatic N) is 2. The molecule has 0 heterocycles. The highest BCUT2D eigenvalue weighted by molar-refractivity contribution is 7.89. The van der Waals surface area contributed by atoms with Crippen molar-refractivity contribution < 1.29 is 18.4 Å². The first kappa shape index (κ1) is 13.7. The fraction of sp³-hybridized carbons (Fsp3) is 0.250. The van der Waals surface area contributed by atoms with E-state index in [1.54, 1.807) is 0 Å². The van der Waals surface area contributed by atoms with Crippen molar-refractivity contribution in [2.75, 3.05) is 14.1 Å². The van der Waals surface area contributed by atoms with Gasteiger partial charge in [0.2, 0.25) is 15.8 Å². The molecule has 7 nitrogen and oxygen atoms in total. The van der Waals surface area contributed by atoms with Gasteiger partial charge >= 0.3 is 5.69 Å². The largest absolute Gasteiger partial charge is 0.501 e. The van der Waals surface area contributed by atoms with Crippen LogP contribution < -0.4 is 0 Å². The maximum Gasteiger partial charge on any atom is 0.312 e. The van der Waals surface area contributed by atoms with E-state index >= 15 is 0 Å². The molecule has 1 rings (SSSR count). The monoisotopic (exact) mass is 280 g/mol. The number of hydrogen-bond donors (Lipinski definition) is 1. The van der Waals surface area contributed by atoms with Gasteiger partial charge in [-0.2, -0.15) is 0 Å². The van der Waals surface area contributed by atoms with Gasteiger partial charge in [-0.05, 0) is 6.07 Å². The van der Waals surface area contributed by atoms with Gasteiger partial charge < -0.3 is 5.11 Å². The van der Waals surface area contributed by atoms with Gasteiger partial charge in [0.1, 0.15) is 4.90 Å². The Morgan fingerprint density at radius 1 is 1.41 bits per heavy atom. The number of halogens is 1. The average Bonchev–Trinajstić information content (AvgIpc) is 2.16. The summed E-state index contributed by atoms with van der Waals surface area (Å²) in [7, 11) is -1.60. The zero-order chi connectivity index (χ0) is 13.4. The van der Waals surface area contributed by atoms with Gasteiger partial charge in [0.15, 0.2) is 0 Å². The lowest BCUT2D eigenvalue weighted by Crippen LogP contribution is -2.22. The fourth-order valence-electron chi connectivity index (χ4n) is 1.11. The fourth-order valence-corrected chi connectivity index (χ4v) is 2.58. The van der Waals surface area contributed by atoms with Gasteiger partial charge in [-0.15, -0.1) is 0 Å². The molecule has 94 valence electrons. The van der Waals surface area contributed by atoms with Crippen LogP contribution in [0.5, 0.6) is 5.75 Å². The topological polar surface area (TPSA) is 101 Å². The first-order valence-electron chi connectivity index (χ1n) is 4.28. The van der Waals surface area contributed by atoms with Crippen molar-refractivity contribution in [1.82, 2.24) is 4.31 Å². The Labute approximate surface area is 102 Å². The van der Waals surface area contributed by atoms with Crippen LogP contribution in [0.1, 0.15) is 0 Å². The van der Waals surface area contributed by atoms with Crippen LogP contribution in [0.3, 0.4) is 0 Å². The lowest BCUT2D eigenvalue weighted by Gasteiger charge is -2.13. The Hall–Kier alpha value is -1.38. The molecule has 0 aliphatic carbocycles. The maximum absolute atomic E-state index is 11.8. The van der Waals surface area contributed by atoms with Crippen molar-refractivity contribution in [1.29, 1.82) is 0 Å². The molecule has 17 heavy (non-hydrogen) atoms. The van der Waals surface area contributed by atoms with Crippen molar-refractivity contribution in [3.63, 3.8) is 0 Å². The number of rotatable bonds is 3. The lowest BCUT2D eigenvalue weighted by molar-refractivity contribution is -0.386. The molecule has 0 fully saturated rings. The van der Waals surface area contributed by atoms with E-state index < -0.39 is 31.3 Å². The van der Waals surface area contributed by atoms with Gasteiger partial charge in [-0.1, -0.05) is 11.6 Å². The smallest absolute Gasteiger partial charge is 0.312 e. The second kappa shape index (κ2) is 4.47. The molecule has 0 saturated carbocycles. The minimum atomic E-state index is -4.05. The van der Waals surface area contributed by atoms with Gasteiger partial charge in [0, 0.05) is 20.2 Å². The Kier molecular flexibility index (Phi) is 3.60. The summed E-state index contributed by atoms with van der Waals surface area (Å²) >= 11 is 5.65. The summed E-state index contributed by atoms with van der Waals surface area (Å²) in [6.07, 6.45) is 0. The summed E-state index contributed by atoms with van der Waals surface area (Å²) in [5, 5.41) is 19.9.